The summed E-state index contributed by atoms with van der Waals surface area (Å²) in [5, 5.41) is 0. The lowest BCUT2D eigenvalue weighted by molar-refractivity contribution is 0.880. The monoisotopic (exact) mass is 174 g/mol. The third kappa shape index (κ3) is 1.50. The molecule has 0 bridgehead atoms. The SMILES string of the molecule is CCCc1ccc(C)c2c1CCC2. The molecule has 0 aromatic heterocycles. The summed E-state index contributed by atoms with van der Waals surface area (Å²) < 4.78 is 0. The lowest BCUT2D eigenvalue weighted by Gasteiger charge is -2.09. The Bertz CT molecular complexity index is 310. The molecular weight excluding hydrogens is 156 g/mol. The third-order valence-electron chi connectivity index (χ3n) is 3.14. The second-order valence-electron chi connectivity index (χ2n) is 4.10. The van der Waals surface area contributed by atoms with Crippen LogP contribution in [0.15, 0.2) is 12.1 Å². The van der Waals surface area contributed by atoms with Crippen LogP contribution in [0.1, 0.15) is 42.0 Å². The molecule has 0 heteroatoms. The molecule has 0 saturated heterocycles. The van der Waals surface area contributed by atoms with E-state index >= 15 is 0 Å². The minimum atomic E-state index is 1.27. The van der Waals surface area contributed by atoms with Gasteiger partial charge in [0.05, 0.1) is 0 Å². The molecule has 70 valence electrons. The highest BCUT2D eigenvalue weighted by atomic mass is 14.2. The van der Waals surface area contributed by atoms with Crippen molar-refractivity contribution in [2.75, 3.05) is 0 Å². The summed E-state index contributed by atoms with van der Waals surface area (Å²) >= 11 is 0. The Labute approximate surface area is 81.0 Å². The van der Waals surface area contributed by atoms with Crippen LogP contribution in [0.4, 0.5) is 0 Å². The normalized spacial score (nSPS) is 14.6. The highest BCUT2D eigenvalue weighted by Gasteiger charge is 2.15. The summed E-state index contributed by atoms with van der Waals surface area (Å²) in [5.41, 5.74) is 6.46. The largest absolute Gasteiger partial charge is 0.0651 e. The van der Waals surface area contributed by atoms with Crippen LogP contribution in [0.25, 0.3) is 0 Å². The summed E-state index contributed by atoms with van der Waals surface area (Å²) in [6.45, 7) is 4.51. The van der Waals surface area contributed by atoms with Crippen LogP contribution in [0, 0.1) is 6.92 Å². The Hall–Kier alpha value is -0.780. The van der Waals surface area contributed by atoms with Gasteiger partial charge in [-0.3, -0.25) is 0 Å². The van der Waals surface area contributed by atoms with Crippen LogP contribution in [0.3, 0.4) is 0 Å². The van der Waals surface area contributed by atoms with E-state index in [0.29, 0.717) is 0 Å². The average molecular weight is 174 g/mol. The van der Waals surface area contributed by atoms with E-state index in [1.54, 1.807) is 16.7 Å². The van der Waals surface area contributed by atoms with Crippen molar-refractivity contribution in [3.8, 4) is 0 Å². The highest BCUT2D eigenvalue weighted by Crippen LogP contribution is 2.28. The molecule has 1 aromatic carbocycles. The standard InChI is InChI=1S/C13H18/c1-3-5-11-9-8-10(2)12-6-4-7-13(11)12/h8-9H,3-7H2,1-2H3. The van der Waals surface area contributed by atoms with Crippen LogP contribution in [-0.4, -0.2) is 0 Å². The van der Waals surface area contributed by atoms with Gasteiger partial charge in [0.2, 0.25) is 0 Å². The molecule has 0 fully saturated rings. The number of aryl methyl sites for hydroxylation is 2. The summed E-state index contributed by atoms with van der Waals surface area (Å²) in [4.78, 5) is 0. The first-order chi connectivity index (χ1) is 6.33. The fourth-order valence-electron chi connectivity index (χ4n) is 2.46. The molecule has 1 aliphatic rings. The van der Waals surface area contributed by atoms with Crippen LogP contribution in [-0.2, 0) is 19.3 Å². The molecule has 0 spiro atoms. The number of rotatable bonds is 2. The lowest BCUT2D eigenvalue weighted by atomic mass is 9.96. The van der Waals surface area contributed by atoms with Crippen molar-refractivity contribution in [1.82, 2.24) is 0 Å². The highest BCUT2D eigenvalue weighted by molar-refractivity contribution is 5.43. The Morgan fingerprint density at radius 2 is 1.92 bits per heavy atom. The summed E-state index contributed by atoms with van der Waals surface area (Å²) in [7, 11) is 0. The van der Waals surface area contributed by atoms with Crippen LogP contribution < -0.4 is 0 Å². The fourth-order valence-corrected chi connectivity index (χ4v) is 2.46. The smallest absolute Gasteiger partial charge is 0.0270 e. The molecule has 1 aromatic rings. The topological polar surface area (TPSA) is 0 Å². The minimum Gasteiger partial charge on any atom is -0.0651 e. The molecule has 1 aliphatic carbocycles. The second kappa shape index (κ2) is 3.53. The zero-order valence-corrected chi connectivity index (χ0v) is 8.69. The maximum absolute atomic E-state index is 2.34. The van der Waals surface area contributed by atoms with Crippen LogP contribution >= 0.6 is 0 Å². The van der Waals surface area contributed by atoms with Crippen molar-refractivity contribution in [3.05, 3.63) is 34.4 Å². The maximum Gasteiger partial charge on any atom is -0.0270 e. The van der Waals surface area contributed by atoms with Gasteiger partial charge < -0.3 is 0 Å². The third-order valence-corrected chi connectivity index (χ3v) is 3.14. The summed E-state index contributed by atoms with van der Waals surface area (Å²) in [6.07, 6.45) is 6.56. The zero-order valence-electron chi connectivity index (χ0n) is 8.69. The van der Waals surface area contributed by atoms with Gasteiger partial charge >= 0.3 is 0 Å². The first kappa shape index (κ1) is 8.80. The van der Waals surface area contributed by atoms with E-state index in [0.717, 1.165) is 0 Å². The maximum atomic E-state index is 2.34. The quantitative estimate of drug-likeness (QED) is 0.644. The molecular formula is C13H18. The van der Waals surface area contributed by atoms with Crippen molar-refractivity contribution in [1.29, 1.82) is 0 Å². The van der Waals surface area contributed by atoms with Crippen molar-refractivity contribution in [2.45, 2.75) is 46.0 Å². The molecule has 0 heterocycles. The first-order valence-electron chi connectivity index (χ1n) is 5.43. The van der Waals surface area contributed by atoms with Crippen molar-refractivity contribution in [3.63, 3.8) is 0 Å². The van der Waals surface area contributed by atoms with Gasteiger partial charge in [-0.25, -0.2) is 0 Å². The van der Waals surface area contributed by atoms with E-state index in [1.165, 1.54) is 37.7 Å². The molecule has 0 nitrogen and oxygen atoms in total. The van der Waals surface area contributed by atoms with Crippen LogP contribution in [0.5, 0.6) is 0 Å². The van der Waals surface area contributed by atoms with Gasteiger partial charge in [-0.1, -0.05) is 25.5 Å². The van der Waals surface area contributed by atoms with Gasteiger partial charge in [0.15, 0.2) is 0 Å². The molecule has 2 rings (SSSR count). The number of hydrogen-bond acceptors (Lipinski definition) is 0. The molecule has 0 radical (unpaired) electrons. The predicted molar refractivity (Wildman–Crippen MR) is 57.2 cm³/mol. The van der Waals surface area contributed by atoms with Crippen molar-refractivity contribution >= 4 is 0 Å². The molecule has 0 saturated carbocycles. The van der Waals surface area contributed by atoms with E-state index < -0.39 is 0 Å². The molecule has 0 aliphatic heterocycles. The molecule has 0 amide bonds. The van der Waals surface area contributed by atoms with Crippen LogP contribution in [0.2, 0.25) is 0 Å². The summed E-state index contributed by atoms with van der Waals surface area (Å²) in [5.74, 6) is 0. The van der Waals surface area contributed by atoms with Gasteiger partial charge in [0, 0.05) is 0 Å². The second-order valence-corrected chi connectivity index (χ2v) is 4.10. The van der Waals surface area contributed by atoms with Gasteiger partial charge in [0.1, 0.15) is 0 Å². The number of fused-ring (bicyclic) bond motifs is 1. The summed E-state index contributed by atoms with van der Waals surface area (Å²) in [6, 6.07) is 4.64. The van der Waals surface area contributed by atoms with E-state index in [-0.39, 0.29) is 0 Å². The van der Waals surface area contributed by atoms with Gasteiger partial charge in [-0.2, -0.15) is 0 Å². The Balaban J connectivity index is 2.43. The Kier molecular flexibility index (Phi) is 2.39. The molecule has 13 heavy (non-hydrogen) atoms. The van der Waals surface area contributed by atoms with Gasteiger partial charge in [-0.15, -0.1) is 0 Å². The van der Waals surface area contributed by atoms with E-state index in [4.69, 9.17) is 0 Å². The van der Waals surface area contributed by atoms with Crippen molar-refractivity contribution < 1.29 is 0 Å². The van der Waals surface area contributed by atoms with Gasteiger partial charge in [0.25, 0.3) is 0 Å². The minimum absolute atomic E-state index is 1.27. The first-order valence-corrected chi connectivity index (χ1v) is 5.43. The van der Waals surface area contributed by atoms with Crippen molar-refractivity contribution in [2.24, 2.45) is 0 Å². The Morgan fingerprint density at radius 3 is 2.69 bits per heavy atom. The predicted octanol–water partition coefficient (Wildman–Crippen LogP) is 3.44. The number of benzene rings is 1. The Morgan fingerprint density at radius 1 is 1.15 bits per heavy atom. The van der Waals surface area contributed by atoms with Gasteiger partial charge in [-0.05, 0) is 54.9 Å². The molecule has 0 N–H and O–H groups in total. The lowest BCUT2D eigenvalue weighted by Crippen LogP contribution is -1.95. The fraction of sp³-hybridized carbons (Fsp3) is 0.538. The van der Waals surface area contributed by atoms with E-state index in [1.807, 2.05) is 0 Å². The van der Waals surface area contributed by atoms with E-state index in [9.17, 15) is 0 Å². The average Bonchev–Trinajstić information content (AvgIpc) is 2.59. The zero-order chi connectivity index (χ0) is 9.26. The molecule has 0 unspecified atom stereocenters. The number of hydrogen-bond donors (Lipinski definition) is 0. The molecule has 0 atom stereocenters. The van der Waals surface area contributed by atoms with E-state index in [2.05, 4.69) is 26.0 Å².